The number of amidine groups is 1. The summed E-state index contributed by atoms with van der Waals surface area (Å²) in [6, 6.07) is 9.22. The van der Waals surface area contributed by atoms with E-state index in [0.29, 0.717) is 36.8 Å². The van der Waals surface area contributed by atoms with Gasteiger partial charge in [0.15, 0.2) is 0 Å². The van der Waals surface area contributed by atoms with Crippen LogP contribution < -0.4 is 0 Å². The van der Waals surface area contributed by atoms with Crippen LogP contribution in [0.2, 0.25) is 0 Å². The van der Waals surface area contributed by atoms with Gasteiger partial charge in [-0.3, -0.25) is 4.79 Å². The Labute approximate surface area is 199 Å². The highest BCUT2D eigenvalue weighted by molar-refractivity contribution is 6.18. The van der Waals surface area contributed by atoms with Gasteiger partial charge >= 0.3 is 11.9 Å². The van der Waals surface area contributed by atoms with Gasteiger partial charge in [-0.05, 0) is 50.7 Å². The van der Waals surface area contributed by atoms with Crippen LogP contribution in [0.15, 0.2) is 69.3 Å². The second kappa shape index (κ2) is 11.5. The zero-order chi connectivity index (χ0) is 23.8. The Balaban J connectivity index is 1.88. The molecule has 7 nitrogen and oxygen atoms in total. The van der Waals surface area contributed by atoms with Crippen LogP contribution in [0.1, 0.15) is 45.6 Å². The van der Waals surface area contributed by atoms with E-state index in [9.17, 15) is 9.70 Å². The van der Waals surface area contributed by atoms with E-state index in [-0.39, 0.29) is 12.1 Å². The van der Waals surface area contributed by atoms with Gasteiger partial charge < -0.3 is 9.47 Å². The van der Waals surface area contributed by atoms with Gasteiger partial charge in [0.1, 0.15) is 5.60 Å². The highest BCUT2D eigenvalue weighted by atomic mass is 35.5. The van der Waals surface area contributed by atoms with Crippen LogP contribution >= 0.6 is 11.6 Å². The number of rotatable bonds is 9. The van der Waals surface area contributed by atoms with E-state index in [4.69, 9.17) is 21.1 Å². The van der Waals surface area contributed by atoms with Gasteiger partial charge in [0.05, 0.1) is 12.6 Å². The van der Waals surface area contributed by atoms with Crippen LogP contribution in [0.5, 0.6) is 0 Å². The van der Waals surface area contributed by atoms with E-state index < -0.39 is 17.6 Å². The van der Waals surface area contributed by atoms with Gasteiger partial charge in [-0.1, -0.05) is 48.6 Å². The molecule has 33 heavy (non-hydrogen) atoms. The quantitative estimate of drug-likeness (QED) is 0.359. The number of benzene rings is 1. The maximum Gasteiger partial charge on any atom is 0.330 e. The van der Waals surface area contributed by atoms with Crippen molar-refractivity contribution < 1.29 is 14.3 Å². The zero-order valence-electron chi connectivity index (χ0n) is 19.2. The number of carbonyl (C=O) groups is 1. The Hall–Kier alpha value is -2.64. The Morgan fingerprint density at radius 2 is 2.09 bits per heavy atom. The topological polar surface area (TPSA) is 89.7 Å². The molecule has 1 amide bonds. The molecule has 0 N–H and O–H groups in total. The minimum atomic E-state index is -1.34. The monoisotopic (exact) mass is 471 g/mol. The van der Waals surface area contributed by atoms with Crippen LogP contribution in [0.4, 0.5) is 0 Å². The van der Waals surface area contributed by atoms with Crippen LogP contribution in [0.25, 0.3) is 0 Å². The predicted octanol–water partition coefficient (Wildman–Crippen LogP) is 5.34. The van der Waals surface area contributed by atoms with E-state index in [1.54, 1.807) is 6.92 Å². The van der Waals surface area contributed by atoms with Crippen molar-refractivity contribution in [3.8, 4) is 0 Å². The summed E-state index contributed by atoms with van der Waals surface area (Å²) in [7, 11) is 0. The first-order valence-electron chi connectivity index (χ1n) is 11.1. The molecule has 176 valence electrons. The largest absolute Gasteiger partial charge is 0.447 e. The van der Waals surface area contributed by atoms with Crippen molar-refractivity contribution in [2.75, 3.05) is 12.5 Å². The fourth-order valence-corrected chi connectivity index (χ4v) is 4.28. The third-order valence-corrected chi connectivity index (χ3v) is 6.20. The molecular weight excluding hydrogens is 442 g/mol. The molecule has 4 atom stereocenters. The van der Waals surface area contributed by atoms with Crippen molar-refractivity contribution >= 4 is 29.2 Å². The van der Waals surface area contributed by atoms with Crippen LogP contribution in [0, 0.1) is 10.8 Å². The molecule has 0 bridgehead atoms. The van der Waals surface area contributed by atoms with Gasteiger partial charge in [-0.25, -0.2) is 9.98 Å². The van der Waals surface area contributed by atoms with Gasteiger partial charge in [-0.2, -0.15) is 0 Å². The van der Waals surface area contributed by atoms with Gasteiger partial charge in [-0.15, -0.1) is 16.5 Å². The average Bonchev–Trinajstić information content (AvgIpc) is 2.82. The first-order chi connectivity index (χ1) is 15.9. The van der Waals surface area contributed by atoms with Gasteiger partial charge in [0.25, 0.3) is 0 Å². The summed E-state index contributed by atoms with van der Waals surface area (Å²) in [5.41, 5.74) is 1.35. The van der Waals surface area contributed by atoms with E-state index in [1.807, 2.05) is 44.2 Å². The summed E-state index contributed by atoms with van der Waals surface area (Å²) in [5, 5.41) is 2.67. The molecule has 1 heterocycles. The number of amides is 1. The number of nitroso groups, excluding NO2 is 1. The molecule has 1 aliphatic heterocycles. The number of aliphatic imine (C=N–C) groups is 2. The van der Waals surface area contributed by atoms with Crippen molar-refractivity contribution in [2.24, 2.45) is 21.1 Å². The second-order valence-electron chi connectivity index (χ2n) is 8.60. The fraction of sp³-hybridized carbons (Fsp3) is 0.480. The molecule has 1 aliphatic carbocycles. The molecule has 3 rings (SSSR count). The third-order valence-electron chi connectivity index (χ3n) is 5.80. The maximum absolute atomic E-state index is 12.7. The Kier molecular flexibility index (Phi) is 8.69. The molecule has 0 aromatic heterocycles. The first-order valence-corrected chi connectivity index (χ1v) is 11.7. The number of ether oxygens (including phenoxy) is 2. The average molecular weight is 472 g/mol. The number of hydrogen-bond acceptors (Lipinski definition) is 6. The second-order valence-corrected chi connectivity index (χ2v) is 8.91. The molecule has 1 aromatic carbocycles. The van der Waals surface area contributed by atoms with Crippen molar-refractivity contribution in [2.45, 2.75) is 57.8 Å². The van der Waals surface area contributed by atoms with Gasteiger partial charge in [0, 0.05) is 23.2 Å². The molecule has 0 radical (unpaired) electrons. The third kappa shape index (κ3) is 6.45. The molecule has 0 saturated carbocycles. The summed E-state index contributed by atoms with van der Waals surface area (Å²) in [4.78, 5) is 32.8. The number of halogens is 1. The lowest BCUT2D eigenvalue weighted by Crippen LogP contribution is -2.47. The lowest BCUT2D eigenvalue weighted by atomic mass is 9.89. The fourth-order valence-electron chi connectivity index (χ4n) is 4.06. The standard InChI is InChI=1S/C25H30ClN3O4/c1-17-14-18(2)28-24(27-17)33-22(23(30)29-31)25(3,21-10-5-4-6-11-21)32-13-12-19-8-7-9-20(15-19)16-26/h4-8,10-11,15,17,20,22H,9,12-14,16H2,1-3H3. The van der Waals surface area contributed by atoms with Crippen molar-refractivity contribution in [3.63, 3.8) is 0 Å². The Morgan fingerprint density at radius 3 is 2.76 bits per heavy atom. The smallest absolute Gasteiger partial charge is 0.330 e. The van der Waals surface area contributed by atoms with Gasteiger partial charge in [0.2, 0.25) is 6.10 Å². The number of hydrogen-bond donors (Lipinski definition) is 0. The lowest BCUT2D eigenvalue weighted by Gasteiger charge is -2.36. The molecule has 8 heteroatoms. The molecular formula is C25H30ClN3O4. The normalized spacial score (nSPS) is 23.0. The Morgan fingerprint density at radius 1 is 1.33 bits per heavy atom. The number of nitrogens with zero attached hydrogens (tertiary/aromatic N) is 3. The SMILES string of the molecule is CC1=NC(OC(C(=O)N=O)C(C)(OCCC2=CC(CCl)CC=C2)c2ccccc2)=NC(C)C1. The predicted molar refractivity (Wildman–Crippen MR) is 131 cm³/mol. The zero-order valence-corrected chi connectivity index (χ0v) is 20.0. The molecule has 4 unspecified atom stereocenters. The van der Waals surface area contributed by atoms with Crippen molar-refractivity contribution in [1.82, 2.24) is 0 Å². The first kappa shape index (κ1) is 25.0. The molecule has 0 spiro atoms. The maximum atomic E-state index is 12.7. The lowest BCUT2D eigenvalue weighted by molar-refractivity contribution is -0.150. The van der Waals surface area contributed by atoms with E-state index in [1.165, 1.54) is 0 Å². The highest BCUT2D eigenvalue weighted by Crippen LogP contribution is 2.34. The summed E-state index contributed by atoms with van der Waals surface area (Å²) in [6.45, 7) is 5.83. The summed E-state index contributed by atoms with van der Waals surface area (Å²) in [6.07, 6.45) is 7.22. The number of allylic oxidation sites excluding steroid dienone is 3. The van der Waals surface area contributed by atoms with E-state index >= 15 is 0 Å². The minimum absolute atomic E-state index is 0.0405. The minimum Gasteiger partial charge on any atom is -0.447 e. The molecule has 0 fully saturated rings. The summed E-state index contributed by atoms with van der Waals surface area (Å²) in [5.74, 6) is -0.114. The number of alkyl halides is 1. The van der Waals surface area contributed by atoms with Crippen molar-refractivity contribution in [1.29, 1.82) is 0 Å². The summed E-state index contributed by atoms with van der Waals surface area (Å²) < 4.78 is 12.2. The molecule has 0 saturated heterocycles. The van der Waals surface area contributed by atoms with Crippen LogP contribution in [0.3, 0.4) is 0 Å². The Bertz CT molecular complexity index is 973. The van der Waals surface area contributed by atoms with E-state index in [2.05, 4.69) is 33.4 Å². The summed E-state index contributed by atoms with van der Waals surface area (Å²) >= 11 is 6.01. The van der Waals surface area contributed by atoms with Crippen molar-refractivity contribution in [3.05, 3.63) is 64.6 Å². The van der Waals surface area contributed by atoms with Crippen LogP contribution in [-0.2, 0) is 19.9 Å². The highest BCUT2D eigenvalue weighted by Gasteiger charge is 2.45. The van der Waals surface area contributed by atoms with E-state index in [0.717, 1.165) is 17.7 Å². The molecule has 1 aromatic rings. The number of carbonyl (C=O) groups excluding carboxylic acids is 1. The molecule has 2 aliphatic rings. The van der Waals surface area contributed by atoms with Crippen LogP contribution in [-0.4, -0.2) is 42.3 Å².